The molecule has 3 heterocycles. The second-order valence-electron chi connectivity index (χ2n) is 9.66. The predicted octanol–water partition coefficient (Wildman–Crippen LogP) is 4.28. The van der Waals surface area contributed by atoms with Crippen LogP contribution in [-0.4, -0.2) is 46.9 Å². The van der Waals surface area contributed by atoms with Crippen molar-refractivity contribution in [1.82, 2.24) is 14.9 Å². The van der Waals surface area contributed by atoms with Gasteiger partial charge in [-0.2, -0.15) is 0 Å². The van der Waals surface area contributed by atoms with Crippen LogP contribution in [0.3, 0.4) is 0 Å². The van der Waals surface area contributed by atoms with Gasteiger partial charge in [0.25, 0.3) is 0 Å². The van der Waals surface area contributed by atoms with Crippen LogP contribution in [0.15, 0.2) is 30.5 Å². The third-order valence-corrected chi connectivity index (χ3v) is 7.95. The van der Waals surface area contributed by atoms with E-state index in [1.807, 2.05) is 6.07 Å². The predicted molar refractivity (Wildman–Crippen MR) is 137 cm³/mol. The Hall–Kier alpha value is -3.04. The van der Waals surface area contributed by atoms with E-state index in [1.54, 1.807) is 23.3 Å². The lowest BCUT2D eigenvalue weighted by atomic mass is 9.89. The molecule has 2 aromatic heterocycles. The molecular weight excluding hydrogens is 462 g/mol. The number of benzene rings is 1. The van der Waals surface area contributed by atoms with Crippen LogP contribution in [0.25, 0.3) is 10.2 Å². The fourth-order valence-electron chi connectivity index (χ4n) is 4.82. The lowest BCUT2D eigenvalue weighted by Crippen LogP contribution is -2.46. The molecule has 35 heavy (non-hydrogen) atoms. The molecule has 2 atom stereocenters. The summed E-state index contributed by atoms with van der Waals surface area (Å²) in [4.78, 5) is 37.1. The number of piperidine rings is 1. The molecule has 1 saturated heterocycles. The number of nitrogens with one attached hydrogen (secondary N) is 1. The molecule has 2 fully saturated rings. The number of nitrogens with two attached hydrogens (primary N) is 1. The normalized spacial score (nSPS) is 20.2. The van der Waals surface area contributed by atoms with E-state index in [4.69, 9.17) is 15.5 Å². The van der Waals surface area contributed by atoms with Gasteiger partial charge in [-0.15, -0.1) is 11.3 Å². The Bertz CT molecular complexity index is 1260. The lowest BCUT2D eigenvalue weighted by Gasteiger charge is -2.38. The van der Waals surface area contributed by atoms with Crippen LogP contribution in [0, 0.1) is 5.92 Å². The van der Waals surface area contributed by atoms with E-state index in [2.05, 4.69) is 35.4 Å². The maximum Gasteiger partial charge on any atom is 0.313 e. The fourth-order valence-corrected chi connectivity index (χ4v) is 5.74. The van der Waals surface area contributed by atoms with Crippen LogP contribution < -0.4 is 11.1 Å². The Morgan fingerprint density at radius 3 is 2.83 bits per heavy atom. The van der Waals surface area contributed by atoms with E-state index in [1.165, 1.54) is 6.20 Å². The first-order valence-electron chi connectivity index (χ1n) is 12.2. The average molecular weight is 494 g/mol. The molecule has 0 spiro atoms. The van der Waals surface area contributed by atoms with Crippen molar-refractivity contribution in [3.63, 3.8) is 0 Å². The first-order chi connectivity index (χ1) is 16.9. The summed E-state index contributed by atoms with van der Waals surface area (Å²) in [6.07, 6.45) is 6.25. The SMILES string of the molecule is COCCc1nc2cc([C@H]3CC[C@H](C)CN3C(=O)C(=O)Nc3cnc(N)c(C4CC4)c3)ccc2s1. The smallest absolute Gasteiger partial charge is 0.313 e. The number of hydrogen-bond donors (Lipinski definition) is 2. The molecule has 5 rings (SSSR count). The summed E-state index contributed by atoms with van der Waals surface area (Å²) in [7, 11) is 1.69. The van der Waals surface area contributed by atoms with Gasteiger partial charge in [0.15, 0.2) is 0 Å². The zero-order valence-electron chi connectivity index (χ0n) is 20.1. The van der Waals surface area contributed by atoms with E-state index in [0.29, 0.717) is 36.5 Å². The summed E-state index contributed by atoms with van der Waals surface area (Å²) < 4.78 is 6.29. The Balaban J connectivity index is 1.35. The largest absolute Gasteiger partial charge is 0.384 e. The topological polar surface area (TPSA) is 110 Å². The van der Waals surface area contributed by atoms with Crippen molar-refractivity contribution in [2.75, 3.05) is 31.3 Å². The number of methoxy groups -OCH3 is 1. The molecule has 184 valence electrons. The number of thiazole rings is 1. The molecule has 1 aliphatic carbocycles. The molecule has 8 nitrogen and oxygen atoms in total. The van der Waals surface area contributed by atoms with Gasteiger partial charge in [-0.1, -0.05) is 13.0 Å². The molecular formula is C26H31N5O3S. The number of ether oxygens (including phenoxy) is 1. The average Bonchev–Trinajstić information content (AvgIpc) is 3.62. The van der Waals surface area contributed by atoms with Gasteiger partial charge < -0.3 is 20.7 Å². The van der Waals surface area contributed by atoms with Gasteiger partial charge in [-0.3, -0.25) is 9.59 Å². The van der Waals surface area contributed by atoms with E-state index >= 15 is 0 Å². The maximum absolute atomic E-state index is 13.4. The van der Waals surface area contributed by atoms with Crippen molar-refractivity contribution in [1.29, 1.82) is 0 Å². The molecule has 0 unspecified atom stereocenters. The minimum atomic E-state index is -0.644. The highest BCUT2D eigenvalue weighted by Gasteiger charge is 2.35. The van der Waals surface area contributed by atoms with Gasteiger partial charge in [0, 0.05) is 20.1 Å². The number of nitrogens with zero attached hydrogens (tertiary/aromatic N) is 3. The number of hydrogen-bond acceptors (Lipinski definition) is 7. The van der Waals surface area contributed by atoms with Gasteiger partial charge in [0.2, 0.25) is 0 Å². The highest BCUT2D eigenvalue weighted by Crippen LogP contribution is 2.43. The highest BCUT2D eigenvalue weighted by atomic mass is 32.1. The van der Waals surface area contributed by atoms with E-state index in [-0.39, 0.29) is 6.04 Å². The van der Waals surface area contributed by atoms with Crippen molar-refractivity contribution in [3.8, 4) is 0 Å². The number of amides is 2. The van der Waals surface area contributed by atoms with Gasteiger partial charge in [-0.25, -0.2) is 9.97 Å². The third-order valence-electron chi connectivity index (χ3n) is 6.86. The molecule has 9 heteroatoms. The van der Waals surface area contributed by atoms with E-state index in [0.717, 1.165) is 58.5 Å². The second kappa shape index (κ2) is 9.91. The number of likely N-dealkylation sites (tertiary alicyclic amines) is 1. The van der Waals surface area contributed by atoms with Crippen molar-refractivity contribution in [3.05, 3.63) is 46.6 Å². The lowest BCUT2D eigenvalue weighted by molar-refractivity contribution is -0.146. The Morgan fingerprint density at radius 1 is 1.23 bits per heavy atom. The van der Waals surface area contributed by atoms with Crippen LogP contribution in [-0.2, 0) is 20.7 Å². The zero-order valence-corrected chi connectivity index (χ0v) is 20.9. The molecule has 3 N–H and O–H groups in total. The van der Waals surface area contributed by atoms with Gasteiger partial charge >= 0.3 is 11.8 Å². The minimum absolute atomic E-state index is 0.162. The summed E-state index contributed by atoms with van der Waals surface area (Å²) in [6, 6.07) is 7.87. The van der Waals surface area contributed by atoms with E-state index in [9.17, 15) is 9.59 Å². The molecule has 0 bridgehead atoms. The van der Waals surface area contributed by atoms with Crippen molar-refractivity contribution < 1.29 is 14.3 Å². The number of anilines is 2. The van der Waals surface area contributed by atoms with Crippen molar-refractivity contribution in [2.24, 2.45) is 5.92 Å². The van der Waals surface area contributed by atoms with Gasteiger partial charge in [0.05, 0.1) is 39.8 Å². The van der Waals surface area contributed by atoms with Crippen LogP contribution in [0.2, 0.25) is 0 Å². The second-order valence-corrected chi connectivity index (χ2v) is 10.8. The number of pyridine rings is 1. The number of nitrogen functional groups attached to an aromatic ring is 1. The number of aromatic nitrogens is 2. The van der Waals surface area contributed by atoms with Crippen LogP contribution in [0.5, 0.6) is 0 Å². The van der Waals surface area contributed by atoms with Crippen LogP contribution >= 0.6 is 11.3 Å². The van der Waals surface area contributed by atoms with Crippen molar-refractivity contribution in [2.45, 2.75) is 51.0 Å². The molecule has 1 aromatic carbocycles. The Labute approximate surface area is 208 Å². The van der Waals surface area contributed by atoms with Gasteiger partial charge in [0.1, 0.15) is 5.82 Å². The fraction of sp³-hybridized carbons (Fsp3) is 0.462. The monoisotopic (exact) mass is 493 g/mol. The summed E-state index contributed by atoms with van der Waals surface area (Å²) in [5.41, 5.74) is 9.38. The molecule has 1 saturated carbocycles. The highest BCUT2D eigenvalue weighted by molar-refractivity contribution is 7.18. The zero-order chi connectivity index (χ0) is 24.5. The van der Waals surface area contributed by atoms with E-state index < -0.39 is 11.8 Å². The summed E-state index contributed by atoms with van der Waals surface area (Å²) >= 11 is 1.66. The van der Waals surface area contributed by atoms with Crippen molar-refractivity contribution >= 4 is 44.9 Å². The standard InChI is InChI=1S/C26H31N5O3S/c1-15-3-7-21(17-6-8-22-20(11-17)30-23(35-22)9-10-34-2)31(14-15)26(33)25(32)29-18-12-19(16-4-5-16)24(27)28-13-18/h6,8,11-13,15-16,21H,3-5,7,9-10,14H2,1-2H3,(H2,27,28)(H,29,32)/t15-,21+/m0/s1. The molecule has 2 amide bonds. The van der Waals surface area contributed by atoms with Gasteiger partial charge in [-0.05, 0) is 66.8 Å². The minimum Gasteiger partial charge on any atom is -0.384 e. The number of carbonyl (C=O) groups excluding carboxylic acids is 2. The quantitative estimate of drug-likeness (QED) is 0.496. The Morgan fingerprint density at radius 2 is 2.06 bits per heavy atom. The summed E-state index contributed by atoms with van der Waals surface area (Å²) in [6.45, 7) is 3.29. The molecule has 2 aliphatic rings. The number of rotatable bonds is 6. The van der Waals surface area contributed by atoms with Crippen LogP contribution in [0.1, 0.15) is 60.7 Å². The summed E-state index contributed by atoms with van der Waals surface area (Å²) in [5.74, 6) is 0.0494. The summed E-state index contributed by atoms with van der Waals surface area (Å²) in [5, 5.41) is 3.79. The first-order valence-corrected chi connectivity index (χ1v) is 13.0. The van der Waals surface area contributed by atoms with Crippen LogP contribution in [0.4, 0.5) is 11.5 Å². The first kappa shape index (κ1) is 23.7. The third kappa shape index (κ3) is 5.16. The molecule has 0 radical (unpaired) electrons. The molecule has 3 aromatic rings. The molecule has 1 aliphatic heterocycles. The maximum atomic E-state index is 13.4. The Kier molecular flexibility index (Phi) is 6.71. The number of carbonyl (C=O) groups is 2. The number of fused-ring (bicyclic) bond motifs is 1.